The first-order chi connectivity index (χ1) is 5.08. The summed E-state index contributed by atoms with van der Waals surface area (Å²) in [5.41, 5.74) is 0. The Bertz CT molecular complexity index is 327. The molecule has 1 rings (SSSR count). The highest BCUT2D eigenvalue weighted by atomic mass is 35.5. The summed E-state index contributed by atoms with van der Waals surface area (Å²) in [6, 6.07) is 7.44. The van der Waals surface area contributed by atoms with E-state index in [2.05, 4.69) is 4.18 Å². The smallest absolute Gasteiger partial charge is 0.358 e. The molecule has 0 aliphatic rings. The molecule has 0 atom stereocenters. The normalized spacial score (nSPS) is 9.31. The van der Waals surface area contributed by atoms with Crippen LogP contribution < -0.4 is 4.18 Å². The minimum absolute atomic E-state index is 0. The minimum Gasteiger partial charge on any atom is -0.358 e. The molecule has 0 fully saturated rings. The van der Waals surface area contributed by atoms with Crippen molar-refractivity contribution < 1.29 is 16.5 Å². The van der Waals surface area contributed by atoms with E-state index < -0.39 is 10.5 Å². The molecule has 3 nitrogen and oxygen atoms in total. The van der Waals surface area contributed by atoms with Gasteiger partial charge in [-0.05, 0) is 12.1 Å². The lowest BCUT2D eigenvalue weighted by atomic mass is 10.3. The van der Waals surface area contributed by atoms with Crippen molar-refractivity contribution in [2.45, 2.75) is 0 Å². The van der Waals surface area contributed by atoms with Crippen LogP contribution in [0.1, 0.15) is 0 Å². The quantitative estimate of drug-likeness (QED) is 0.754. The van der Waals surface area contributed by atoms with Crippen LogP contribution in [0.5, 0.6) is 5.75 Å². The molecule has 0 spiro atoms. The van der Waals surface area contributed by atoms with Crippen LogP contribution in [0, 0.1) is 0 Å². The van der Waals surface area contributed by atoms with Crippen molar-refractivity contribution in [3.8, 4) is 5.75 Å². The highest BCUT2D eigenvalue weighted by molar-refractivity contribution is 7.81. The molecule has 0 aliphatic carbocycles. The van der Waals surface area contributed by atoms with E-state index in [9.17, 15) is 12.3 Å². The van der Waals surface area contributed by atoms with Gasteiger partial charge in [0.1, 0.15) is 5.75 Å². The van der Waals surface area contributed by atoms with Crippen molar-refractivity contribution in [2.24, 2.45) is 0 Å². The van der Waals surface area contributed by atoms with Gasteiger partial charge in [-0.3, -0.25) is 0 Å². The van der Waals surface area contributed by atoms with Gasteiger partial charge in [0.25, 0.3) is 0 Å². The second-order valence-corrected chi connectivity index (χ2v) is 2.74. The Morgan fingerprint density at radius 1 is 1.08 bits per heavy atom. The summed E-state index contributed by atoms with van der Waals surface area (Å²) in [5.74, 6) is -0.0324. The van der Waals surface area contributed by atoms with Gasteiger partial charge in [-0.1, -0.05) is 22.1 Å². The van der Waals surface area contributed by atoms with Crippen LogP contribution in [0.15, 0.2) is 30.3 Å². The number of para-hydroxylation sites is 1. The van der Waals surface area contributed by atoms with Crippen molar-refractivity contribution in [3.63, 3.8) is 0 Å². The van der Waals surface area contributed by atoms with Gasteiger partial charge in [-0.2, -0.15) is 8.42 Å². The molecular weight excluding hydrogens is 242 g/mol. The average Bonchev–Trinajstić information content (AvgIpc) is 1.85. The predicted octanol–water partition coefficient (Wildman–Crippen LogP) is 2.12. The van der Waals surface area contributed by atoms with Crippen molar-refractivity contribution >= 4 is 35.3 Å². The van der Waals surface area contributed by atoms with Crippen LogP contribution in [-0.4, -0.2) is 8.42 Å². The molecule has 0 unspecified atom stereocenters. The van der Waals surface area contributed by atoms with E-state index in [1.165, 1.54) is 12.1 Å². The molecule has 0 N–H and O–H groups in total. The summed E-state index contributed by atoms with van der Waals surface area (Å²) in [7, 11) is -4.88. The molecular formula is C6H7Cl2FO3S. The molecule has 0 amide bonds. The maximum absolute atomic E-state index is 11.8. The van der Waals surface area contributed by atoms with Gasteiger partial charge in [0.05, 0.1) is 0 Å². The Morgan fingerprint density at radius 2 is 1.54 bits per heavy atom. The Hall–Kier alpha value is -0.520. The van der Waals surface area contributed by atoms with Crippen LogP contribution in [0.25, 0.3) is 0 Å². The third-order valence-electron chi connectivity index (χ3n) is 0.939. The molecule has 1 aromatic rings. The van der Waals surface area contributed by atoms with E-state index in [-0.39, 0.29) is 30.6 Å². The zero-order chi connectivity index (χ0) is 8.32. The monoisotopic (exact) mass is 248 g/mol. The topological polar surface area (TPSA) is 43.4 Å². The van der Waals surface area contributed by atoms with Gasteiger partial charge in [0.15, 0.2) is 0 Å². The van der Waals surface area contributed by atoms with Crippen molar-refractivity contribution in [1.29, 1.82) is 0 Å². The van der Waals surface area contributed by atoms with Crippen LogP contribution in [-0.2, 0) is 10.5 Å². The Balaban J connectivity index is 0. The van der Waals surface area contributed by atoms with Gasteiger partial charge in [0.2, 0.25) is 0 Å². The van der Waals surface area contributed by atoms with Crippen molar-refractivity contribution in [2.75, 3.05) is 0 Å². The number of hydrogen-bond acceptors (Lipinski definition) is 3. The summed E-state index contributed by atoms with van der Waals surface area (Å²) in [5, 5.41) is 0. The third kappa shape index (κ3) is 6.62. The van der Waals surface area contributed by atoms with Gasteiger partial charge in [0, 0.05) is 0 Å². The molecule has 0 radical (unpaired) electrons. The lowest BCUT2D eigenvalue weighted by Crippen LogP contribution is -2.00. The Labute approximate surface area is 88.1 Å². The molecule has 0 bridgehead atoms. The number of hydrogen-bond donors (Lipinski definition) is 0. The zero-order valence-electron chi connectivity index (χ0n) is 6.21. The molecule has 0 saturated heterocycles. The van der Waals surface area contributed by atoms with Crippen LogP contribution in [0.2, 0.25) is 0 Å². The summed E-state index contributed by atoms with van der Waals surface area (Å²) in [6.45, 7) is 0. The average molecular weight is 249 g/mol. The molecule has 76 valence electrons. The van der Waals surface area contributed by atoms with E-state index in [1.807, 2.05) is 0 Å². The second-order valence-electron chi connectivity index (χ2n) is 1.79. The highest BCUT2D eigenvalue weighted by Gasteiger charge is 2.07. The first kappa shape index (κ1) is 15.0. The summed E-state index contributed by atoms with van der Waals surface area (Å²) < 4.78 is 35.6. The molecule has 1 aromatic carbocycles. The number of halogens is 3. The Morgan fingerprint density at radius 3 is 1.92 bits per heavy atom. The van der Waals surface area contributed by atoms with E-state index >= 15 is 0 Å². The lowest BCUT2D eigenvalue weighted by molar-refractivity contribution is 0.440. The van der Waals surface area contributed by atoms with E-state index in [1.54, 1.807) is 18.2 Å². The molecule has 0 heterocycles. The third-order valence-corrected chi connectivity index (χ3v) is 1.33. The summed E-state index contributed by atoms with van der Waals surface area (Å²) in [4.78, 5) is 0. The van der Waals surface area contributed by atoms with Crippen LogP contribution in [0.3, 0.4) is 0 Å². The fraction of sp³-hybridized carbons (Fsp3) is 0. The lowest BCUT2D eigenvalue weighted by Gasteiger charge is -1.96. The Kier molecular flexibility index (Phi) is 6.93. The number of benzene rings is 1. The molecule has 0 aliphatic heterocycles. The fourth-order valence-electron chi connectivity index (χ4n) is 0.591. The molecule has 0 saturated carbocycles. The first-order valence-corrected chi connectivity index (χ1v) is 4.08. The largest absolute Gasteiger partial charge is 0.488 e. The zero-order valence-corrected chi connectivity index (χ0v) is 8.66. The van der Waals surface area contributed by atoms with Gasteiger partial charge in [-0.15, -0.1) is 24.8 Å². The van der Waals surface area contributed by atoms with E-state index in [0.717, 1.165) is 0 Å². The molecule has 13 heavy (non-hydrogen) atoms. The summed E-state index contributed by atoms with van der Waals surface area (Å²) in [6.07, 6.45) is 0. The van der Waals surface area contributed by atoms with Crippen LogP contribution >= 0.6 is 24.8 Å². The van der Waals surface area contributed by atoms with Crippen LogP contribution in [0.4, 0.5) is 3.89 Å². The predicted molar refractivity (Wildman–Crippen MR) is 51.6 cm³/mol. The van der Waals surface area contributed by atoms with Gasteiger partial charge >= 0.3 is 10.5 Å². The fourth-order valence-corrected chi connectivity index (χ4v) is 0.932. The maximum atomic E-state index is 11.8. The maximum Gasteiger partial charge on any atom is 0.488 e. The second kappa shape index (κ2) is 6.01. The highest BCUT2D eigenvalue weighted by Crippen LogP contribution is 2.11. The van der Waals surface area contributed by atoms with Gasteiger partial charge < -0.3 is 4.18 Å². The van der Waals surface area contributed by atoms with E-state index in [4.69, 9.17) is 0 Å². The molecule has 0 aromatic heterocycles. The molecule has 7 heteroatoms. The first-order valence-electron chi connectivity index (χ1n) is 2.77. The van der Waals surface area contributed by atoms with Gasteiger partial charge in [-0.25, -0.2) is 0 Å². The SMILES string of the molecule is Cl.Cl.O=S(=O)(F)Oc1ccccc1. The summed E-state index contributed by atoms with van der Waals surface area (Å²) >= 11 is 0. The standard InChI is InChI=1S/C6H5FO3S.2ClH/c7-11(8,9)10-6-4-2-1-3-5-6;;/h1-5H;2*1H. The minimum atomic E-state index is -4.88. The van der Waals surface area contributed by atoms with Crippen molar-refractivity contribution in [3.05, 3.63) is 30.3 Å². The van der Waals surface area contributed by atoms with Crippen molar-refractivity contribution in [1.82, 2.24) is 0 Å². The van der Waals surface area contributed by atoms with E-state index in [0.29, 0.717) is 0 Å². The number of rotatable bonds is 2.